The second-order valence-corrected chi connectivity index (χ2v) is 7.43. The average molecular weight is 386 g/mol. The van der Waals surface area contributed by atoms with E-state index >= 15 is 0 Å². The van der Waals surface area contributed by atoms with Gasteiger partial charge in [0, 0.05) is 5.69 Å². The highest BCUT2D eigenvalue weighted by molar-refractivity contribution is 7.89. The zero-order valence-electron chi connectivity index (χ0n) is 14.0. The number of anilines is 1. The van der Waals surface area contributed by atoms with Crippen molar-refractivity contribution in [2.45, 2.75) is 24.9 Å². The zero-order chi connectivity index (χ0) is 19.5. The quantitative estimate of drug-likeness (QED) is 0.828. The molecule has 9 heteroatoms. The molecule has 0 bridgehead atoms. The third-order valence-electron chi connectivity index (χ3n) is 3.64. The lowest BCUT2D eigenvalue weighted by atomic mass is 10.1. The van der Waals surface area contributed by atoms with Gasteiger partial charge in [-0.3, -0.25) is 4.79 Å². The number of halogens is 3. The van der Waals surface area contributed by atoms with Crippen LogP contribution in [0, 0.1) is 13.8 Å². The van der Waals surface area contributed by atoms with E-state index in [0.717, 1.165) is 29.3 Å². The number of hydrogen-bond donors (Lipinski definition) is 2. The molecule has 2 N–H and O–H groups in total. The van der Waals surface area contributed by atoms with Crippen LogP contribution in [0.3, 0.4) is 0 Å². The van der Waals surface area contributed by atoms with Gasteiger partial charge in [0.25, 0.3) is 0 Å². The molecule has 0 spiro atoms. The summed E-state index contributed by atoms with van der Waals surface area (Å²) in [6.07, 6.45) is -4.66. The van der Waals surface area contributed by atoms with Crippen molar-refractivity contribution in [3.8, 4) is 0 Å². The highest BCUT2D eigenvalue weighted by Crippen LogP contribution is 2.30. The van der Waals surface area contributed by atoms with Crippen LogP contribution in [-0.2, 0) is 21.0 Å². The number of benzene rings is 2. The number of carbonyl (C=O) groups excluding carboxylic acids is 1. The second kappa shape index (κ2) is 7.46. The summed E-state index contributed by atoms with van der Waals surface area (Å²) in [5.74, 6) is -0.627. The molecule has 0 radical (unpaired) electrons. The van der Waals surface area contributed by atoms with Crippen molar-refractivity contribution < 1.29 is 26.4 Å². The van der Waals surface area contributed by atoms with Crippen LogP contribution in [0.25, 0.3) is 0 Å². The Morgan fingerprint density at radius 2 is 1.62 bits per heavy atom. The molecule has 2 aromatic carbocycles. The van der Waals surface area contributed by atoms with Gasteiger partial charge in [0.2, 0.25) is 15.9 Å². The van der Waals surface area contributed by atoms with Crippen molar-refractivity contribution in [3.05, 3.63) is 59.2 Å². The summed E-state index contributed by atoms with van der Waals surface area (Å²) < 4.78 is 64.4. The average Bonchev–Trinajstić information content (AvgIpc) is 2.56. The Hall–Kier alpha value is -2.39. The molecule has 0 saturated carbocycles. The van der Waals surface area contributed by atoms with E-state index in [1.807, 2.05) is 10.8 Å². The first-order valence-corrected chi connectivity index (χ1v) is 9.02. The zero-order valence-corrected chi connectivity index (χ0v) is 14.8. The minimum absolute atomic E-state index is 0.520. The largest absolute Gasteiger partial charge is 0.416 e. The fourth-order valence-corrected chi connectivity index (χ4v) is 3.31. The van der Waals surface area contributed by atoms with Gasteiger partial charge in [-0.15, -0.1) is 0 Å². The van der Waals surface area contributed by atoms with Gasteiger partial charge >= 0.3 is 6.18 Å². The van der Waals surface area contributed by atoms with E-state index in [4.69, 9.17) is 0 Å². The third-order valence-corrected chi connectivity index (χ3v) is 5.04. The third kappa shape index (κ3) is 4.83. The SMILES string of the molecule is Cc1cccc(C)c1NC(=O)CNS(=O)(=O)c1cccc(C(F)(F)F)c1. The van der Waals surface area contributed by atoms with Gasteiger partial charge in [-0.2, -0.15) is 13.2 Å². The van der Waals surface area contributed by atoms with Gasteiger partial charge < -0.3 is 5.32 Å². The number of sulfonamides is 1. The first-order valence-electron chi connectivity index (χ1n) is 7.54. The first kappa shape index (κ1) is 19.9. The van der Waals surface area contributed by atoms with Crippen LogP contribution in [0.1, 0.15) is 16.7 Å². The van der Waals surface area contributed by atoms with Crippen LogP contribution in [0.15, 0.2) is 47.4 Å². The molecule has 0 aliphatic rings. The lowest BCUT2D eigenvalue weighted by Gasteiger charge is -2.13. The summed E-state index contributed by atoms with van der Waals surface area (Å²) in [6, 6.07) is 8.70. The number of nitrogens with one attached hydrogen (secondary N) is 2. The Morgan fingerprint density at radius 3 is 2.19 bits per heavy atom. The molecule has 0 unspecified atom stereocenters. The van der Waals surface area contributed by atoms with Crippen LogP contribution < -0.4 is 10.0 Å². The molecule has 0 atom stereocenters. The molecule has 0 aliphatic carbocycles. The number of para-hydroxylation sites is 1. The Bertz CT molecular complexity index is 905. The number of amides is 1. The van der Waals surface area contributed by atoms with E-state index < -0.39 is 39.1 Å². The van der Waals surface area contributed by atoms with Crippen molar-refractivity contribution in [2.75, 3.05) is 11.9 Å². The lowest BCUT2D eigenvalue weighted by Crippen LogP contribution is -2.33. The van der Waals surface area contributed by atoms with Crippen LogP contribution in [-0.4, -0.2) is 20.9 Å². The lowest BCUT2D eigenvalue weighted by molar-refractivity contribution is -0.137. The molecule has 0 aromatic heterocycles. The Morgan fingerprint density at radius 1 is 1.04 bits per heavy atom. The van der Waals surface area contributed by atoms with E-state index in [1.165, 1.54) is 0 Å². The summed E-state index contributed by atoms with van der Waals surface area (Å²) in [5, 5.41) is 2.59. The molecule has 2 rings (SSSR count). The predicted octanol–water partition coefficient (Wildman–Crippen LogP) is 3.24. The molecule has 140 valence electrons. The molecular formula is C17H17F3N2O3S. The smallest absolute Gasteiger partial charge is 0.324 e. The van der Waals surface area contributed by atoms with Crippen LogP contribution >= 0.6 is 0 Å². The fourth-order valence-electron chi connectivity index (χ4n) is 2.28. The van der Waals surface area contributed by atoms with Gasteiger partial charge in [0.05, 0.1) is 17.0 Å². The minimum Gasteiger partial charge on any atom is -0.324 e. The van der Waals surface area contributed by atoms with Crippen LogP contribution in [0.2, 0.25) is 0 Å². The number of hydrogen-bond acceptors (Lipinski definition) is 3. The molecule has 0 heterocycles. The Kier molecular flexibility index (Phi) is 5.72. The topological polar surface area (TPSA) is 75.3 Å². The Balaban J connectivity index is 2.10. The summed E-state index contributed by atoms with van der Waals surface area (Å²) in [4.78, 5) is 11.4. The molecule has 2 aromatic rings. The highest BCUT2D eigenvalue weighted by atomic mass is 32.2. The minimum atomic E-state index is -4.66. The summed E-state index contributed by atoms with van der Waals surface area (Å²) >= 11 is 0. The standard InChI is InChI=1S/C17H17F3N2O3S/c1-11-5-3-6-12(2)16(11)22-15(23)10-21-26(24,25)14-8-4-7-13(9-14)17(18,19)20/h3-9,21H,10H2,1-2H3,(H,22,23). The molecule has 0 saturated heterocycles. The molecule has 5 nitrogen and oxygen atoms in total. The van der Waals surface area contributed by atoms with Crippen molar-refractivity contribution in [1.82, 2.24) is 4.72 Å². The monoisotopic (exact) mass is 386 g/mol. The fraction of sp³-hybridized carbons (Fsp3) is 0.235. The van der Waals surface area contributed by atoms with Crippen LogP contribution in [0.4, 0.5) is 18.9 Å². The predicted molar refractivity (Wildman–Crippen MR) is 91.2 cm³/mol. The van der Waals surface area contributed by atoms with Crippen molar-refractivity contribution in [1.29, 1.82) is 0 Å². The maximum Gasteiger partial charge on any atom is 0.416 e. The second-order valence-electron chi connectivity index (χ2n) is 5.67. The van der Waals surface area contributed by atoms with E-state index in [-0.39, 0.29) is 0 Å². The molecule has 0 fully saturated rings. The highest BCUT2D eigenvalue weighted by Gasteiger charge is 2.31. The molecular weight excluding hydrogens is 369 g/mol. The van der Waals surface area contributed by atoms with Crippen molar-refractivity contribution in [2.24, 2.45) is 0 Å². The normalized spacial score (nSPS) is 12.0. The van der Waals surface area contributed by atoms with Gasteiger partial charge in [-0.05, 0) is 43.2 Å². The van der Waals surface area contributed by atoms with E-state index in [2.05, 4.69) is 5.32 Å². The van der Waals surface area contributed by atoms with Gasteiger partial charge in [0.1, 0.15) is 0 Å². The van der Waals surface area contributed by atoms with Crippen molar-refractivity contribution in [3.63, 3.8) is 0 Å². The Labute approximate surface area is 149 Å². The van der Waals surface area contributed by atoms with Gasteiger partial charge in [-0.25, -0.2) is 13.1 Å². The number of aryl methyl sites for hydroxylation is 2. The van der Waals surface area contributed by atoms with Gasteiger partial charge in [0.15, 0.2) is 0 Å². The maximum atomic E-state index is 12.7. The van der Waals surface area contributed by atoms with E-state index in [0.29, 0.717) is 11.8 Å². The van der Waals surface area contributed by atoms with E-state index in [1.54, 1.807) is 26.0 Å². The van der Waals surface area contributed by atoms with Crippen LogP contribution in [0.5, 0.6) is 0 Å². The summed E-state index contributed by atoms with van der Waals surface area (Å²) in [6.45, 7) is 2.97. The number of alkyl halides is 3. The number of rotatable bonds is 5. The maximum absolute atomic E-state index is 12.7. The van der Waals surface area contributed by atoms with Gasteiger partial charge in [-0.1, -0.05) is 24.3 Å². The number of carbonyl (C=O) groups is 1. The van der Waals surface area contributed by atoms with E-state index in [9.17, 15) is 26.4 Å². The van der Waals surface area contributed by atoms with Crippen molar-refractivity contribution >= 4 is 21.6 Å². The first-order chi connectivity index (χ1) is 12.0. The molecule has 1 amide bonds. The summed E-state index contributed by atoms with van der Waals surface area (Å²) in [5.41, 5.74) is 1.09. The molecule has 26 heavy (non-hydrogen) atoms. The molecule has 0 aliphatic heterocycles. The summed E-state index contributed by atoms with van der Waals surface area (Å²) in [7, 11) is -4.26.